The molecule has 0 fully saturated rings. The second-order valence-corrected chi connectivity index (χ2v) is 6.21. The lowest BCUT2D eigenvalue weighted by molar-refractivity contribution is 0.870. The lowest BCUT2D eigenvalue weighted by atomic mass is 10.1. The highest BCUT2D eigenvalue weighted by Crippen LogP contribution is 2.16. The molecule has 0 saturated carbocycles. The van der Waals surface area contributed by atoms with Gasteiger partial charge < -0.3 is 4.90 Å². The van der Waals surface area contributed by atoms with Gasteiger partial charge >= 0.3 is 0 Å². The summed E-state index contributed by atoms with van der Waals surface area (Å²) in [5, 5.41) is 0.809. The Labute approximate surface area is 110 Å². The number of anilines is 1. The van der Waals surface area contributed by atoms with E-state index in [9.17, 15) is 0 Å². The SMILES string of the molecule is CC(S)Cc1ccc(N(C)CC(C)S)cc1. The fraction of sp³-hybridized carbons (Fsp3) is 0.538. The van der Waals surface area contributed by atoms with Crippen LogP contribution in [0.2, 0.25) is 0 Å². The summed E-state index contributed by atoms with van der Waals surface area (Å²) in [5.74, 6) is 0. The molecule has 0 bridgehead atoms. The van der Waals surface area contributed by atoms with E-state index in [0.29, 0.717) is 10.5 Å². The minimum absolute atomic E-state index is 0.391. The maximum Gasteiger partial charge on any atom is 0.0364 e. The highest BCUT2D eigenvalue weighted by atomic mass is 32.1. The number of hydrogen-bond acceptors (Lipinski definition) is 3. The third kappa shape index (κ3) is 4.71. The van der Waals surface area contributed by atoms with Gasteiger partial charge in [0.05, 0.1) is 0 Å². The Bertz CT molecular complexity index is 306. The maximum atomic E-state index is 4.40. The van der Waals surface area contributed by atoms with Gasteiger partial charge in [0.2, 0.25) is 0 Å². The van der Waals surface area contributed by atoms with Gasteiger partial charge in [-0.1, -0.05) is 26.0 Å². The van der Waals surface area contributed by atoms with Crippen molar-refractivity contribution in [2.75, 3.05) is 18.5 Å². The van der Waals surface area contributed by atoms with Gasteiger partial charge in [-0.2, -0.15) is 25.3 Å². The Morgan fingerprint density at radius 3 is 2.06 bits per heavy atom. The van der Waals surface area contributed by atoms with E-state index in [1.807, 2.05) is 0 Å². The predicted molar refractivity (Wildman–Crippen MR) is 80.3 cm³/mol. The molecule has 1 aromatic rings. The largest absolute Gasteiger partial charge is 0.374 e. The Kier molecular flexibility index (Phi) is 5.56. The molecule has 0 amide bonds. The molecule has 3 heteroatoms. The molecule has 16 heavy (non-hydrogen) atoms. The van der Waals surface area contributed by atoms with Crippen LogP contribution in [0.15, 0.2) is 24.3 Å². The average molecular weight is 255 g/mol. The Hall–Kier alpha value is -0.280. The molecular formula is C13H21NS2. The first-order valence-corrected chi connectivity index (χ1v) is 6.68. The number of thiol groups is 2. The monoisotopic (exact) mass is 255 g/mol. The van der Waals surface area contributed by atoms with Gasteiger partial charge in [-0.3, -0.25) is 0 Å². The van der Waals surface area contributed by atoms with E-state index in [2.05, 4.69) is 75.3 Å². The number of nitrogens with zero attached hydrogens (tertiary/aromatic N) is 1. The van der Waals surface area contributed by atoms with Crippen LogP contribution >= 0.6 is 25.3 Å². The molecular weight excluding hydrogens is 234 g/mol. The fourth-order valence-electron chi connectivity index (χ4n) is 1.73. The molecule has 1 aromatic carbocycles. The van der Waals surface area contributed by atoms with Crippen molar-refractivity contribution in [1.82, 2.24) is 0 Å². The van der Waals surface area contributed by atoms with E-state index in [1.54, 1.807) is 0 Å². The number of hydrogen-bond donors (Lipinski definition) is 2. The van der Waals surface area contributed by atoms with Crippen LogP contribution < -0.4 is 4.90 Å². The molecule has 0 aliphatic rings. The summed E-state index contributed by atoms with van der Waals surface area (Å²) in [6.45, 7) is 5.19. The summed E-state index contributed by atoms with van der Waals surface area (Å²) in [4.78, 5) is 2.23. The van der Waals surface area contributed by atoms with Crippen molar-refractivity contribution < 1.29 is 0 Å². The van der Waals surface area contributed by atoms with Gasteiger partial charge in [-0.15, -0.1) is 0 Å². The van der Waals surface area contributed by atoms with Gasteiger partial charge in [-0.25, -0.2) is 0 Å². The molecule has 0 aliphatic carbocycles. The van der Waals surface area contributed by atoms with Crippen molar-refractivity contribution >= 4 is 30.9 Å². The van der Waals surface area contributed by atoms with Crippen LogP contribution in [0.3, 0.4) is 0 Å². The molecule has 0 radical (unpaired) electrons. The van der Waals surface area contributed by atoms with E-state index in [-0.39, 0.29) is 0 Å². The molecule has 0 aliphatic heterocycles. The van der Waals surface area contributed by atoms with Crippen molar-refractivity contribution in [1.29, 1.82) is 0 Å². The van der Waals surface area contributed by atoms with Crippen LogP contribution in [0.25, 0.3) is 0 Å². The van der Waals surface area contributed by atoms with Crippen molar-refractivity contribution in [3.63, 3.8) is 0 Å². The molecule has 1 rings (SSSR count). The zero-order valence-electron chi connectivity index (χ0n) is 10.2. The lowest BCUT2D eigenvalue weighted by Crippen LogP contribution is -2.24. The minimum Gasteiger partial charge on any atom is -0.374 e. The van der Waals surface area contributed by atoms with Crippen LogP contribution in [-0.4, -0.2) is 24.1 Å². The molecule has 90 valence electrons. The standard InChI is InChI=1S/C13H21NS2/c1-10(15)8-12-4-6-13(7-5-12)14(3)9-11(2)16/h4-7,10-11,15-16H,8-9H2,1-3H3. The van der Waals surface area contributed by atoms with Crippen LogP contribution in [0.4, 0.5) is 5.69 Å². The topological polar surface area (TPSA) is 3.24 Å². The second kappa shape index (κ2) is 6.45. The average Bonchev–Trinajstić information content (AvgIpc) is 2.16. The summed E-state index contributed by atoms with van der Waals surface area (Å²) in [7, 11) is 2.10. The van der Waals surface area contributed by atoms with Gasteiger partial charge in [-0.05, 0) is 24.1 Å². The Balaban J connectivity index is 2.63. The van der Waals surface area contributed by atoms with E-state index in [0.717, 1.165) is 13.0 Å². The quantitative estimate of drug-likeness (QED) is 0.764. The third-order valence-corrected chi connectivity index (χ3v) is 2.79. The maximum absolute atomic E-state index is 4.40. The van der Waals surface area contributed by atoms with E-state index < -0.39 is 0 Å². The molecule has 0 N–H and O–H groups in total. The number of benzene rings is 1. The molecule has 0 aromatic heterocycles. The Morgan fingerprint density at radius 2 is 1.62 bits per heavy atom. The first-order chi connectivity index (χ1) is 7.49. The normalized spacial score (nSPS) is 14.6. The fourth-order valence-corrected chi connectivity index (χ4v) is 2.19. The van der Waals surface area contributed by atoms with Gasteiger partial charge in [0, 0.05) is 29.8 Å². The van der Waals surface area contributed by atoms with E-state index in [4.69, 9.17) is 0 Å². The van der Waals surface area contributed by atoms with Gasteiger partial charge in [0.15, 0.2) is 0 Å². The molecule has 2 atom stereocenters. The van der Waals surface area contributed by atoms with E-state index >= 15 is 0 Å². The molecule has 0 spiro atoms. The summed E-state index contributed by atoms with van der Waals surface area (Å²) in [5.41, 5.74) is 2.59. The van der Waals surface area contributed by atoms with Crippen molar-refractivity contribution in [2.24, 2.45) is 0 Å². The highest BCUT2D eigenvalue weighted by Gasteiger charge is 2.04. The van der Waals surface area contributed by atoms with Crippen molar-refractivity contribution in [2.45, 2.75) is 30.8 Å². The molecule has 0 heterocycles. The van der Waals surface area contributed by atoms with Crippen LogP contribution in [0.1, 0.15) is 19.4 Å². The van der Waals surface area contributed by atoms with Gasteiger partial charge in [0.1, 0.15) is 0 Å². The van der Waals surface area contributed by atoms with Gasteiger partial charge in [0.25, 0.3) is 0 Å². The number of rotatable bonds is 5. The zero-order valence-corrected chi connectivity index (χ0v) is 12.0. The first-order valence-electron chi connectivity index (χ1n) is 5.65. The van der Waals surface area contributed by atoms with E-state index in [1.165, 1.54) is 11.3 Å². The first kappa shape index (κ1) is 13.8. The summed E-state index contributed by atoms with van der Waals surface area (Å²) in [6.07, 6.45) is 1.02. The smallest absolute Gasteiger partial charge is 0.0364 e. The zero-order chi connectivity index (χ0) is 12.1. The predicted octanol–water partition coefficient (Wildman–Crippen LogP) is 3.30. The lowest BCUT2D eigenvalue weighted by Gasteiger charge is -2.21. The third-order valence-electron chi connectivity index (χ3n) is 2.45. The summed E-state index contributed by atoms with van der Waals surface area (Å²) < 4.78 is 0. The Morgan fingerprint density at radius 1 is 1.06 bits per heavy atom. The highest BCUT2D eigenvalue weighted by molar-refractivity contribution is 7.81. The molecule has 1 nitrogen and oxygen atoms in total. The van der Waals surface area contributed by atoms with Crippen molar-refractivity contribution in [3.8, 4) is 0 Å². The van der Waals surface area contributed by atoms with Crippen LogP contribution in [0, 0.1) is 0 Å². The van der Waals surface area contributed by atoms with Crippen LogP contribution in [0.5, 0.6) is 0 Å². The van der Waals surface area contributed by atoms with Crippen molar-refractivity contribution in [3.05, 3.63) is 29.8 Å². The summed E-state index contributed by atoms with van der Waals surface area (Å²) in [6, 6.07) is 8.70. The second-order valence-electron chi connectivity index (χ2n) is 4.45. The molecule has 0 saturated heterocycles. The molecule has 2 unspecified atom stereocenters. The van der Waals surface area contributed by atoms with Crippen LogP contribution in [-0.2, 0) is 6.42 Å². The summed E-state index contributed by atoms with van der Waals surface area (Å²) >= 11 is 8.80. The minimum atomic E-state index is 0.391.